The quantitative estimate of drug-likeness (QED) is 0.444. The molecule has 0 aromatic heterocycles. The molecule has 9 heteroatoms. The van der Waals surface area contributed by atoms with E-state index in [0.717, 1.165) is 24.6 Å². The molecule has 1 amide bonds. The highest BCUT2D eigenvalue weighted by Crippen LogP contribution is 2.31. The summed E-state index contributed by atoms with van der Waals surface area (Å²) in [5.74, 6) is 0.152. The molecular formula is C23H28F3NO4S. The Labute approximate surface area is 187 Å². The first kappa shape index (κ1) is 25.7. The smallest absolute Gasteiger partial charge is 0.379 e. The fraction of sp³-hybridized carbons (Fsp3) is 0.435. The van der Waals surface area contributed by atoms with Gasteiger partial charge in [-0.05, 0) is 55.2 Å². The van der Waals surface area contributed by atoms with Crippen LogP contribution in [0.1, 0.15) is 51.7 Å². The molecule has 0 radical (unpaired) electrons. The van der Waals surface area contributed by atoms with E-state index in [4.69, 9.17) is 4.18 Å². The SMILES string of the molecule is CC[C@@H](C)N(Cc1cccc(OS(=O)(=O)c2cccc(C(F)(F)F)c2)c1)C(=O)CC(C)C. The van der Waals surface area contributed by atoms with Crippen molar-refractivity contribution in [3.63, 3.8) is 0 Å². The van der Waals surface area contributed by atoms with Crippen LogP contribution in [-0.2, 0) is 27.6 Å². The van der Waals surface area contributed by atoms with Crippen molar-refractivity contribution >= 4 is 16.0 Å². The summed E-state index contributed by atoms with van der Waals surface area (Å²) in [4.78, 5) is 13.8. The van der Waals surface area contributed by atoms with E-state index in [1.807, 2.05) is 27.7 Å². The molecule has 0 saturated heterocycles. The number of hydrogen-bond donors (Lipinski definition) is 0. The number of carbonyl (C=O) groups excluding carboxylic acids is 1. The van der Waals surface area contributed by atoms with Crippen LogP contribution in [0, 0.1) is 5.92 Å². The van der Waals surface area contributed by atoms with Gasteiger partial charge in [0.25, 0.3) is 0 Å². The molecule has 0 spiro atoms. The van der Waals surface area contributed by atoms with Gasteiger partial charge in [0.15, 0.2) is 0 Å². The standard InChI is InChI=1S/C23H28F3NO4S/c1-5-17(4)27(22(28)12-16(2)3)15-18-8-6-10-20(13-18)31-32(29,30)21-11-7-9-19(14-21)23(24,25)26/h6-11,13-14,16-17H,5,12,15H2,1-4H3/t17-/m1/s1. The van der Waals surface area contributed by atoms with Crippen LogP contribution in [0.3, 0.4) is 0 Å². The number of carbonyl (C=O) groups is 1. The molecule has 176 valence electrons. The molecule has 0 heterocycles. The Morgan fingerprint density at radius 1 is 1.06 bits per heavy atom. The Hall–Kier alpha value is -2.55. The zero-order valence-electron chi connectivity index (χ0n) is 18.5. The summed E-state index contributed by atoms with van der Waals surface area (Å²) in [5.41, 5.74) is -0.428. The summed E-state index contributed by atoms with van der Waals surface area (Å²) >= 11 is 0. The lowest BCUT2D eigenvalue weighted by molar-refractivity contribution is -0.138. The molecule has 2 aromatic rings. The van der Waals surface area contributed by atoms with Crippen LogP contribution in [0.25, 0.3) is 0 Å². The monoisotopic (exact) mass is 471 g/mol. The fourth-order valence-electron chi connectivity index (χ4n) is 3.07. The Bertz CT molecular complexity index is 1040. The first-order valence-electron chi connectivity index (χ1n) is 10.3. The van der Waals surface area contributed by atoms with Gasteiger partial charge in [-0.2, -0.15) is 21.6 Å². The summed E-state index contributed by atoms with van der Waals surface area (Å²) < 4.78 is 69.0. The molecule has 0 N–H and O–H groups in total. The molecule has 0 fully saturated rings. The van der Waals surface area contributed by atoms with E-state index < -0.39 is 26.8 Å². The topological polar surface area (TPSA) is 63.7 Å². The van der Waals surface area contributed by atoms with E-state index in [2.05, 4.69) is 0 Å². The normalized spacial score (nSPS) is 13.1. The summed E-state index contributed by atoms with van der Waals surface area (Å²) in [6.45, 7) is 8.10. The maximum absolute atomic E-state index is 12.9. The first-order valence-corrected chi connectivity index (χ1v) is 11.7. The van der Waals surface area contributed by atoms with Crippen LogP contribution in [-0.4, -0.2) is 25.3 Å². The minimum atomic E-state index is -4.67. The highest BCUT2D eigenvalue weighted by Gasteiger charge is 2.32. The Morgan fingerprint density at radius 3 is 2.31 bits per heavy atom. The second kappa shape index (κ2) is 10.4. The molecule has 0 saturated carbocycles. The molecule has 0 aliphatic carbocycles. The second-order valence-electron chi connectivity index (χ2n) is 8.09. The maximum atomic E-state index is 12.9. The van der Waals surface area contributed by atoms with Gasteiger partial charge in [0.1, 0.15) is 10.6 Å². The van der Waals surface area contributed by atoms with E-state index in [1.54, 1.807) is 17.0 Å². The largest absolute Gasteiger partial charge is 0.416 e. The molecule has 5 nitrogen and oxygen atoms in total. The van der Waals surface area contributed by atoms with Crippen molar-refractivity contribution in [3.8, 4) is 5.75 Å². The minimum absolute atomic E-state index is 0.00254. The molecule has 32 heavy (non-hydrogen) atoms. The van der Waals surface area contributed by atoms with Gasteiger partial charge in [-0.15, -0.1) is 0 Å². The zero-order chi connectivity index (χ0) is 24.1. The van der Waals surface area contributed by atoms with Gasteiger partial charge in [-0.25, -0.2) is 0 Å². The van der Waals surface area contributed by atoms with Crippen LogP contribution < -0.4 is 4.18 Å². The van der Waals surface area contributed by atoms with Crippen molar-refractivity contribution in [1.82, 2.24) is 4.90 Å². The number of rotatable bonds is 9. The number of benzene rings is 2. The van der Waals surface area contributed by atoms with Crippen LogP contribution >= 0.6 is 0 Å². The summed E-state index contributed by atoms with van der Waals surface area (Å²) in [5, 5.41) is 0. The lowest BCUT2D eigenvalue weighted by atomic mass is 10.1. The van der Waals surface area contributed by atoms with Crippen LogP contribution in [0.15, 0.2) is 53.4 Å². The van der Waals surface area contributed by atoms with E-state index in [9.17, 15) is 26.4 Å². The van der Waals surface area contributed by atoms with E-state index >= 15 is 0 Å². The fourth-order valence-corrected chi connectivity index (χ4v) is 4.04. The van der Waals surface area contributed by atoms with Crippen molar-refractivity contribution < 1.29 is 30.6 Å². The number of amides is 1. The minimum Gasteiger partial charge on any atom is -0.379 e. The van der Waals surface area contributed by atoms with Gasteiger partial charge < -0.3 is 9.08 Å². The van der Waals surface area contributed by atoms with Gasteiger partial charge >= 0.3 is 16.3 Å². The van der Waals surface area contributed by atoms with Crippen LogP contribution in [0.5, 0.6) is 5.75 Å². The number of halogens is 3. The highest BCUT2D eigenvalue weighted by molar-refractivity contribution is 7.87. The average molecular weight is 472 g/mol. The highest BCUT2D eigenvalue weighted by atomic mass is 32.2. The lowest BCUT2D eigenvalue weighted by Crippen LogP contribution is -2.38. The van der Waals surface area contributed by atoms with E-state index in [1.165, 1.54) is 12.1 Å². The third-order valence-corrected chi connectivity index (χ3v) is 6.18. The maximum Gasteiger partial charge on any atom is 0.416 e. The number of hydrogen-bond acceptors (Lipinski definition) is 4. The molecule has 0 aliphatic rings. The predicted octanol–water partition coefficient (Wildman–Crippen LogP) is 5.65. The molecule has 0 unspecified atom stereocenters. The Balaban J connectivity index is 2.26. The molecule has 2 rings (SSSR count). The average Bonchev–Trinajstić information content (AvgIpc) is 2.70. The number of alkyl halides is 3. The van der Waals surface area contributed by atoms with E-state index in [0.29, 0.717) is 18.1 Å². The van der Waals surface area contributed by atoms with Gasteiger partial charge in [0, 0.05) is 19.0 Å². The molecule has 2 aromatic carbocycles. The van der Waals surface area contributed by atoms with Crippen molar-refractivity contribution in [2.24, 2.45) is 5.92 Å². The van der Waals surface area contributed by atoms with Crippen molar-refractivity contribution in [2.45, 2.75) is 64.2 Å². The van der Waals surface area contributed by atoms with Crippen molar-refractivity contribution in [1.29, 1.82) is 0 Å². The van der Waals surface area contributed by atoms with Gasteiger partial charge in [-0.1, -0.05) is 39.0 Å². The second-order valence-corrected chi connectivity index (χ2v) is 9.63. The van der Waals surface area contributed by atoms with Crippen LogP contribution in [0.2, 0.25) is 0 Å². The molecular weight excluding hydrogens is 443 g/mol. The van der Waals surface area contributed by atoms with Crippen LogP contribution in [0.4, 0.5) is 13.2 Å². The molecule has 0 aliphatic heterocycles. The lowest BCUT2D eigenvalue weighted by Gasteiger charge is -2.29. The third kappa shape index (κ3) is 6.98. The van der Waals surface area contributed by atoms with Gasteiger partial charge in [-0.3, -0.25) is 4.79 Å². The van der Waals surface area contributed by atoms with E-state index in [-0.39, 0.29) is 30.2 Å². The third-order valence-electron chi connectivity index (χ3n) is 4.93. The van der Waals surface area contributed by atoms with Crippen molar-refractivity contribution in [2.75, 3.05) is 0 Å². The molecule has 0 bridgehead atoms. The Kier molecular flexibility index (Phi) is 8.34. The van der Waals surface area contributed by atoms with Gasteiger partial charge in [0.2, 0.25) is 5.91 Å². The summed E-state index contributed by atoms with van der Waals surface area (Å²) in [7, 11) is -4.48. The summed E-state index contributed by atoms with van der Waals surface area (Å²) in [6, 6.07) is 9.56. The zero-order valence-corrected chi connectivity index (χ0v) is 19.3. The Morgan fingerprint density at radius 2 is 1.72 bits per heavy atom. The van der Waals surface area contributed by atoms with Crippen molar-refractivity contribution in [3.05, 3.63) is 59.7 Å². The van der Waals surface area contributed by atoms with Gasteiger partial charge in [0.05, 0.1) is 5.56 Å². The summed E-state index contributed by atoms with van der Waals surface area (Å²) in [6.07, 6.45) is -3.53. The predicted molar refractivity (Wildman–Crippen MR) is 115 cm³/mol. The first-order chi connectivity index (χ1) is 14.8. The number of nitrogens with zero attached hydrogens (tertiary/aromatic N) is 1. The molecule has 1 atom stereocenters.